The summed E-state index contributed by atoms with van der Waals surface area (Å²) < 4.78 is 45.6. The van der Waals surface area contributed by atoms with E-state index in [1.807, 2.05) is 0 Å². The Morgan fingerprint density at radius 1 is 0.353 bits per heavy atom. The first-order valence-electron chi connectivity index (χ1n) is 20.6. The largest absolute Gasteiger partial charge is 0.460 e. The first-order chi connectivity index (χ1) is 32.8. The molecule has 0 bridgehead atoms. The van der Waals surface area contributed by atoms with Crippen molar-refractivity contribution in [3.05, 3.63) is 192 Å². The Morgan fingerprint density at radius 3 is 0.824 bits per heavy atom. The number of benzene rings is 4. The van der Waals surface area contributed by atoms with Crippen molar-refractivity contribution in [1.82, 2.24) is 0 Å². The predicted octanol–water partition coefficient (Wildman–Crippen LogP) is 7.18. The molecule has 0 saturated carbocycles. The Bertz CT molecular complexity index is 2280. The van der Waals surface area contributed by atoms with Gasteiger partial charge in [0.25, 0.3) is 0 Å². The number of carbonyl (C=O) groups is 8. The molecular formula is C51H50O17. The van der Waals surface area contributed by atoms with Crippen LogP contribution in [0.4, 0.5) is 0 Å². The van der Waals surface area contributed by atoms with Crippen molar-refractivity contribution in [3.8, 4) is 0 Å². The van der Waals surface area contributed by atoms with Crippen LogP contribution in [-0.4, -0.2) is 113 Å². The summed E-state index contributed by atoms with van der Waals surface area (Å²) in [5, 5.41) is 0. The zero-order chi connectivity index (χ0) is 49.7. The molecule has 4 aromatic rings. The van der Waals surface area contributed by atoms with E-state index in [-0.39, 0.29) is 92.8 Å². The molecule has 0 heterocycles. The molecule has 4 rings (SSSR count). The first-order valence-corrected chi connectivity index (χ1v) is 20.6. The van der Waals surface area contributed by atoms with E-state index in [4.69, 9.17) is 42.6 Å². The van der Waals surface area contributed by atoms with E-state index in [1.54, 1.807) is 6.92 Å². The van der Waals surface area contributed by atoms with Gasteiger partial charge in [0.1, 0.15) is 52.4 Å². The summed E-state index contributed by atoms with van der Waals surface area (Å²) in [5.74, 6) is -4.49. The van der Waals surface area contributed by atoms with Crippen molar-refractivity contribution in [1.29, 1.82) is 0 Å². The van der Waals surface area contributed by atoms with E-state index in [2.05, 4.69) is 26.3 Å². The Labute approximate surface area is 392 Å². The van der Waals surface area contributed by atoms with Crippen LogP contribution in [0.3, 0.4) is 0 Å². The van der Waals surface area contributed by atoms with Gasteiger partial charge in [-0.2, -0.15) is 0 Å². The Hall–Kier alpha value is -8.44. The van der Waals surface area contributed by atoms with Crippen LogP contribution in [0.5, 0.6) is 0 Å². The molecular weight excluding hydrogens is 885 g/mol. The van der Waals surface area contributed by atoms with Crippen molar-refractivity contribution in [2.75, 3.05) is 59.5 Å². The van der Waals surface area contributed by atoms with E-state index in [9.17, 15) is 38.4 Å². The molecule has 0 spiro atoms. The van der Waals surface area contributed by atoms with Gasteiger partial charge in [0.05, 0.1) is 57.7 Å². The Morgan fingerprint density at radius 2 is 0.574 bits per heavy atom. The molecule has 17 nitrogen and oxygen atoms in total. The highest BCUT2D eigenvalue weighted by atomic mass is 16.6. The summed E-state index contributed by atoms with van der Waals surface area (Å²) in [5.41, 5.74) is 2.20. The third-order valence-electron chi connectivity index (χ3n) is 8.43. The summed E-state index contributed by atoms with van der Waals surface area (Å²) in [7, 11) is 0. The predicted molar refractivity (Wildman–Crippen MR) is 244 cm³/mol. The van der Waals surface area contributed by atoms with Crippen molar-refractivity contribution < 1.29 is 81.0 Å². The minimum absolute atomic E-state index is 0.000672. The molecule has 0 saturated heterocycles. The van der Waals surface area contributed by atoms with Crippen LogP contribution in [0.2, 0.25) is 0 Å². The van der Waals surface area contributed by atoms with Gasteiger partial charge in [-0.15, -0.1) is 0 Å². The molecule has 1 atom stereocenters. The highest BCUT2D eigenvalue weighted by Gasteiger charge is 2.18. The maximum atomic E-state index is 12.3. The minimum Gasteiger partial charge on any atom is -0.460 e. The van der Waals surface area contributed by atoms with Crippen molar-refractivity contribution >= 4 is 47.8 Å². The average molecular weight is 935 g/mol. The third-order valence-corrected chi connectivity index (χ3v) is 8.43. The molecule has 0 N–H and O–H groups in total. The lowest BCUT2D eigenvalue weighted by Gasteiger charge is -2.14. The van der Waals surface area contributed by atoms with Gasteiger partial charge in [-0.05, 0) is 104 Å². The van der Waals surface area contributed by atoms with Crippen molar-refractivity contribution in [2.45, 2.75) is 13.0 Å². The molecule has 1 unspecified atom stereocenters. The van der Waals surface area contributed by atoms with Crippen LogP contribution in [0.1, 0.15) is 89.8 Å². The molecule has 17 heteroatoms. The van der Waals surface area contributed by atoms with Crippen molar-refractivity contribution in [3.63, 3.8) is 0 Å². The first kappa shape index (κ1) is 53.9. The Kier molecular flexibility index (Phi) is 23.7. The highest BCUT2D eigenvalue weighted by Crippen LogP contribution is 2.13. The highest BCUT2D eigenvalue weighted by molar-refractivity contribution is 5.96. The lowest BCUT2D eigenvalue weighted by Crippen LogP contribution is -2.22. The fourth-order valence-corrected chi connectivity index (χ4v) is 5.06. The lowest BCUT2D eigenvalue weighted by molar-refractivity contribution is 0.00447. The standard InChI is InChI=1S/C26H26O9.C25H24O8/c1-3-13-32-23(27)19-5-9-21(10-6-19)25(29)34-17-15-31-16-18-35-26(30)22-11-7-20(8-12-22)24(28)33-14-4-2;1-4-14-30-22(26)18-6-8-20(9-7-18)24(28)32-16-17(3)33-25(29)21-12-10-19(11-13-21)23(27)31-15-5-2/h3-12H,1-2,13-18H2;4-13,17H,1-2,14-16H2,3H3. The number of hydrogen-bond acceptors (Lipinski definition) is 17. The molecule has 356 valence electrons. The SMILES string of the molecule is C=CCOC(=O)c1ccc(C(=O)OCC(C)OC(=O)c2ccc(C(=O)OCC=C)cc2)cc1.C=CCOC(=O)c1ccc(C(=O)OCCOCCOC(=O)c2ccc(C(=O)OCC=C)cc2)cc1. The summed E-state index contributed by atoms with van der Waals surface area (Å²) in [6.45, 7) is 15.9. The van der Waals surface area contributed by atoms with Gasteiger partial charge in [-0.3, -0.25) is 0 Å². The zero-order valence-corrected chi connectivity index (χ0v) is 37.3. The molecule has 0 radical (unpaired) electrons. The van der Waals surface area contributed by atoms with Gasteiger partial charge in [0, 0.05) is 0 Å². The number of esters is 8. The maximum Gasteiger partial charge on any atom is 0.338 e. The number of rotatable bonds is 25. The van der Waals surface area contributed by atoms with Crippen LogP contribution in [0.15, 0.2) is 148 Å². The third kappa shape index (κ3) is 19.0. The summed E-state index contributed by atoms with van der Waals surface area (Å²) in [6, 6.07) is 23.3. The van der Waals surface area contributed by atoms with Crippen LogP contribution in [0, 0.1) is 0 Å². The van der Waals surface area contributed by atoms with Gasteiger partial charge < -0.3 is 42.6 Å². The van der Waals surface area contributed by atoms with Gasteiger partial charge >= 0.3 is 47.8 Å². The van der Waals surface area contributed by atoms with Crippen LogP contribution < -0.4 is 0 Å². The number of ether oxygens (including phenoxy) is 9. The van der Waals surface area contributed by atoms with E-state index in [0.717, 1.165) is 0 Å². The monoisotopic (exact) mass is 934 g/mol. The molecule has 0 aliphatic carbocycles. The molecule has 0 aliphatic heterocycles. The lowest BCUT2D eigenvalue weighted by atomic mass is 10.1. The number of carbonyl (C=O) groups excluding carboxylic acids is 8. The second kappa shape index (κ2) is 29.9. The number of hydrogen-bond donors (Lipinski definition) is 0. The van der Waals surface area contributed by atoms with Gasteiger partial charge in [0.15, 0.2) is 0 Å². The average Bonchev–Trinajstić information content (AvgIpc) is 3.37. The summed E-state index contributed by atoms with van der Waals surface area (Å²) in [6.07, 6.45) is 5.11. The van der Waals surface area contributed by atoms with Gasteiger partial charge in [-0.1, -0.05) is 50.6 Å². The van der Waals surface area contributed by atoms with E-state index < -0.39 is 53.9 Å². The smallest absolute Gasteiger partial charge is 0.338 e. The Balaban J connectivity index is 0.000000361. The maximum absolute atomic E-state index is 12.3. The quantitative estimate of drug-likeness (QED) is 0.0278. The van der Waals surface area contributed by atoms with E-state index in [0.29, 0.717) is 11.1 Å². The fourth-order valence-electron chi connectivity index (χ4n) is 5.06. The second-order valence-electron chi connectivity index (χ2n) is 13.6. The van der Waals surface area contributed by atoms with Crippen molar-refractivity contribution in [2.24, 2.45) is 0 Å². The summed E-state index contributed by atoms with van der Waals surface area (Å²) in [4.78, 5) is 95.5. The van der Waals surface area contributed by atoms with Crippen LogP contribution in [-0.2, 0) is 42.6 Å². The van der Waals surface area contributed by atoms with E-state index >= 15 is 0 Å². The summed E-state index contributed by atoms with van der Waals surface area (Å²) >= 11 is 0. The normalized spacial score (nSPS) is 10.5. The molecule has 4 aromatic carbocycles. The van der Waals surface area contributed by atoms with Gasteiger partial charge in [0.2, 0.25) is 0 Å². The van der Waals surface area contributed by atoms with Gasteiger partial charge in [-0.25, -0.2) is 38.4 Å². The molecule has 0 amide bonds. The molecule has 68 heavy (non-hydrogen) atoms. The zero-order valence-electron chi connectivity index (χ0n) is 37.3. The topological polar surface area (TPSA) is 220 Å². The van der Waals surface area contributed by atoms with Crippen LogP contribution >= 0.6 is 0 Å². The molecule has 0 aromatic heterocycles. The minimum atomic E-state index is -0.716. The molecule has 0 fully saturated rings. The van der Waals surface area contributed by atoms with E-state index in [1.165, 1.54) is 121 Å². The van der Waals surface area contributed by atoms with Crippen LogP contribution in [0.25, 0.3) is 0 Å². The fraction of sp³-hybridized carbons (Fsp3) is 0.216. The second-order valence-corrected chi connectivity index (χ2v) is 13.6. The molecule has 0 aliphatic rings.